The van der Waals surface area contributed by atoms with E-state index in [-0.39, 0.29) is 0 Å². The molecule has 0 saturated heterocycles. The number of anilines is 1. The molecule has 19 heavy (non-hydrogen) atoms. The zero-order chi connectivity index (χ0) is 13.5. The van der Waals surface area contributed by atoms with E-state index in [1.165, 1.54) is 0 Å². The number of nitrogens with zero attached hydrogens (tertiary/aromatic N) is 4. The highest BCUT2D eigenvalue weighted by atomic mass is 35.5. The fraction of sp³-hybridized carbons (Fsp3) is 0.462. The molecule has 2 aromatic rings. The maximum Gasteiger partial charge on any atom is 0.224 e. The fourth-order valence-corrected chi connectivity index (χ4v) is 2.04. The topological polar surface area (TPSA) is 55.6 Å². The van der Waals surface area contributed by atoms with Crippen molar-refractivity contribution < 1.29 is 0 Å². The molecular formula is C13H18ClN5. The molecule has 5 nitrogen and oxygen atoms in total. The molecule has 0 saturated carbocycles. The van der Waals surface area contributed by atoms with Gasteiger partial charge in [-0.05, 0) is 24.4 Å². The Morgan fingerprint density at radius 1 is 1.37 bits per heavy atom. The van der Waals surface area contributed by atoms with E-state index >= 15 is 0 Å². The molecular weight excluding hydrogens is 262 g/mol. The lowest BCUT2D eigenvalue weighted by atomic mass is 10.2. The Hall–Kier alpha value is -1.62. The van der Waals surface area contributed by atoms with Gasteiger partial charge in [-0.2, -0.15) is 0 Å². The first kappa shape index (κ1) is 13.8. The van der Waals surface area contributed by atoms with Crippen LogP contribution in [0.1, 0.15) is 25.5 Å². The number of imidazole rings is 1. The number of rotatable bonds is 7. The molecule has 6 heteroatoms. The summed E-state index contributed by atoms with van der Waals surface area (Å²) < 4.78 is 2.05. The minimum atomic E-state index is 0.308. The van der Waals surface area contributed by atoms with Crippen LogP contribution in [0.3, 0.4) is 0 Å². The van der Waals surface area contributed by atoms with Crippen LogP contribution < -0.4 is 5.32 Å². The predicted octanol–water partition coefficient (Wildman–Crippen LogP) is 2.78. The summed E-state index contributed by atoms with van der Waals surface area (Å²) in [5.74, 6) is 0.800. The summed E-state index contributed by atoms with van der Waals surface area (Å²) in [5.41, 5.74) is 0.986. The number of nitrogens with one attached hydrogen (secondary N) is 1. The van der Waals surface area contributed by atoms with Crippen LogP contribution in [0.5, 0.6) is 0 Å². The maximum atomic E-state index is 5.91. The van der Waals surface area contributed by atoms with Crippen molar-refractivity contribution in [3.63, 3.8) is 0 Å². The lowest BCUT2D eigenvalue weighted by molar-refractivity contribution is 0.660. The van der Waals surface area contributed by atoms with Gasteiger partial charge in [0.2, 0.25) is 5.28 Å². The molecule has 2 heterocycles. The Labute approximate surface area is 118 Å². The van der Waals surface area contributed by atoms with Gasteiger partial charge in [-0.15, -0.1) is 0 Å². The number of aryl methyl sites for hydroxylation is 2. The van der Waals surface area contributed by atoms with Crippen LogP contribution in [-0.2, 0) is 13.0 Å². The lowest BCUT2D eigenvalue weighted by Gasteiger charge is -2.08. The average molecular weight is 280 g/mol. The van der Waals surface area contributed by atoms with Gasteiger partial charge in [-0.3, -0.25) is 0 Å². The zero-order valence-corrected chi connectivity index (χ0v) is 11.8. The van der Waals surface area contributed by atoms with Crippen molar-refractivity contribution in [2.24, 2.45) is 0 Å². The highest BCUT2D eigenvalue weighted by molar-refractivity contribution is 6.28. The van der Waals surface area contributed by atoms with Gasteiger partial charge in [0.05, 0.1) is 6.33 Å². The van der Waals surface area contributed by atoms with Crippen LogP contribution in [0.15, 0.2) is 24.8 Å². The third kappa shape index (κ3) is 4.52. The van der Waals surface area contributed by atoms with Crippen molar-refractivity contribution in [1.29, 1.82) is 0 Å². The predicted molar refractivity (Wildman–Crippen MR) is 76.4 cm³/mol. The monoisotopic (exact) mass is 279 g/mol. The molecule has 0 spiro atoms. The number of hydrogen-bond acceptors (Lipinski definition) is 4. The minimum absolute atomic E-state index is 0.308. The Balaban J connectivity index is 1.81. The first-order valence-electron chi connectivity index (χ1n) is 6.51. The molecule has 0 fully saturated rings. The summed E-state index contributed by atoms with van der Waals surface area (Å²) in [6.45, 7) is 3.90. The van der Waals surface area contributed by atoms with E-state index in [4.69, 9.17) is 11.6 Å². The number of hydrogen-bond donors (Lipinski definition) is 1. The van der Waals surface area contributed by atoms with Crippen LogP contribution in [0.2, 0.25) is 5.28 Å². The minimum Gasteiger partial charge on any atom is -0.370 e. The van der Waals surface area contributed by atoms with Crippen molar-refractivity contribution in [1.82, 2.24) is 19.5 Å². The van der Waals surface area contributed by atoms with E-state index in [0.29, 0.717) is 5.28 Å². The summed E-state index contributed by atoms with van der Waals surface area (Å²) in [6.07, 6.45) is 8.54. The van der Waals surface area contributed by atoms with Crippen molar-refractivity contribution in [3.8, 4) is 0 Å². The van der Waals surface area contributed by atoms with Gasteiger partial charge in [0.25, 0.3) is 0 Å². The number of halogens is 1. The van der Waals surface area contributed by atoms with E-state index in [1.54, 1.807) is 6.20 Å². The molecule has 2 rings (SSSR count). The van der Waals surface area contributed by atoms with E-state index in [2.05, 4.69) is 31.8 Å². The maximum absolute atomic E-state index is 5.91. The Bertz CT molecular complexity index is 498. The first-order valence-corrected chi connectivity index (χ1v) is 6.89. The van der Waals surface area contributed by atoms with Crippen LogP contribution in [0.25, 0.3) is 0 Å². The summed E-state index contributed by atoms with van der Waals surface area (Å²) in [4.78, 5) is 12.4. The van der Waals surface area contributed by atoms with Crippen molar-refractivity contribution in [2.75, 3.05) is 11.9 Å². The van der Waals surface area contributed by atoms with Crippen molar-refractivity contribution >= 4 is 17.4 Å². The SMILES string of the molecule is CCCc1cc(NCCCn2ccnc2)nc(Cl)n1. The molecule has 1 N–H and O–H groups in total. The van der Waals surface area contributed by atoms with Gasteiger partial charge in [0.1, 0.15) is 5.82 Å². The Morgan fingerprint density at radius 2 is 2.26 bits per heavy atom. The second-order valence-electron chi connectivity index (χ2n) is 4.34. The molecule has 0 bridgehead atoms. The van der Waals surface area contributed by atoms with E-state index < -0.39 is 0 Å². The van der Waals surface area contributed by atoms with Crippen LogP contribution >= 0.6 is 11.6 Å². The smallest absolute Gasteiger partial charge is 0.224 e. The third-order valence-electron chi connectivity index (χ3n) is 2.72. The zero-order valence-electron chi connectivity index (χ0n) is 11.0. The Morgan fingerprint density at radius 3 is 3.00 bits per heavy atom. The number of aromatic nitrogens is 4. The molecule has 0 aliphatic carbocycles. The van der Waals surface area contributed by atoms with Gasteiger partial charge in [-0.25, -0.2) is 15.0 Å². The van der Waals surface area contributed by atoms with Crippen LogP contribution in [-0.4, -0.2) is 26.1 Å². The highest BCUT2D eigenvalue weighted by Crippen LogP contribution is 2.12. The van der Waals surface area contributed by atoms with E-state index in [0.717, 1.165) is 43.9 Å². The third-order valence-corrected chi connectivity index (χ3v) is 2.89. The van der Waals surface area contributed by atoms with Gasteiger partial charge < -0.3 is 9.88 Å². The molecule has 0 aromatic carbocycles. The average Bonchev–Trinajstić information content (AvgIpc) is 2.87. The second-order valence-corrected chi connectivity index (χ2v) is 4.68. The lowest BCUT2D eigenvalue weighted by Crippen LogP contribution is -2.08. The Kier molecular flexibility index (Phi) is 5.15. The summed E-state index contributed by atoms with van der Waals surface area (Å²) in [6, 6.07) is 1.96. The quantitative estimate of drug-likeness (QED) is 0.625. The molecule has 0 unspecified atom stereocenters. The van der Waals surface area contributed by atoms with E-state index in [1.807, 2.05) is 18.6 Å². The van der Waals surface area contributed by atoms with E-state index in [9.17, 15) is 0 Å². The van der Waals surface area contributed by atoms with Gasteiger partial charge in [-0.1, -0.05) is 13.3 Å². The molecule has 102 valence electrons. The highest BCUT2D eigenvalue weighted by Gasteiger charge is 2.02. The first-order chi connectivity index (χ1) is 9.28. The van der Waals surface area contributed by atoms with Gasteiger partial charge in [0, 0.05) is 37.2 Å². The fourth-order valence-electron chi connectivity index (χ4n) is 1.84. The molecule has 0 aliphatic heterocycles. The summed E-state index contributed by atoms with van der Waals surface area (Å²) in [5, 5.41) is 3.59. The summed E-state index contributed by atoms with van der Waals surface area (Å²) >= 11 is 5.91. The normalized spacial score (nSPS) is 10.6. The van der Waals surface area contributed by atoms with Crippen LogP contribution in [0, 0.1) is 0 Å². The summed E-state index contributed by atoms with van der Waals surface area (Å²) in [7, 11) is 0. The van der Waals surface area contributed by atoms with Crippen molar-refractivity contribution in [2.45, 2.75) is 32.7 Å². The van der Waals surface area contributed by atoms with Gasteiger partial charge in [0.15, 0.2) is 0 Å². The largest absolute Gasteiger partial charge is 0.370 e. The van der Waals surface area contributed by atoms with Gasteiger partial charge >= 0.3 is 0 Å². The molecule has 0 amide bonds. The standard InChI is InChI=1S/C13H18ClN5/c1-2-4-11-9-12(18-13(14)17-11)16-5-3-7-19-8-6-15-10-19/h6,8-10H,2-5,7H2,1H3,(H,16,17,18). The molecule has 2 aromatic heterocycles. The van der Waals surface area contributed by atoms with Crippen LogP contribution in [0.4, 0.5) is 5.82 Å². The molecule has 0 radical (unpaired) electrons. The second kappa shape index (κ2) is 7.09. The molecule has 0 atom stereocenters. The van der Waals surface area contributed by atoms with Crippen molar-refractivity contribution in [3.05, 3.63) is 35.8 Å². The molecule has 0 aliphatic rings.